The highest BCUT2D eigenvalue weighted by Crippen LogP contribution is 2.19. The van der Waals surface area contributed by atoms with Crippen LogP contribution >= 0.6 is 11.8 Å². The minimum atomic E-state index is -1.62. The van der Waals surface area contributed by atoms with Crippen LogP contribution in [0.5, 0.6) is 0 Å². The molecule has 1 heterocycles. The van der Waals surface area contributed by atoms with Gasteiger partial charge < -0.3 is 47.1 Å². The number of nitrogens with two attached hydrogens (primary N) is 1. The summed E-state index contributed by atoms with van der Waals surface area (Å²) in [6.45, 7) is 5.03. The van der Waals surface area contributed by atoms with Crippen LogP contribution in [0.3, 0.4) is 0 Å². The molecule has 0 unspecified atom stereocenters. The van der Waals surface area contributed by atoms with Crippen molar-refractivity contribution in [2.75, 3.05) is 18.6 Å². The van der Waals surface area contributed by atoms with Gasteiger partial charge in [-0.15, -0.1) is 0 Å². The van der Waals surface area contributed by atoms with Gasteiger partial charge in [-0.3, -0.25) is 28.8 Å². The van der Waals surface area contributed by atoms with E-state index in [4.69, 9.17) is 10.5 Å². The lowest BCUT2D eigenvalue weighted by molar-refractivity contribution is -0.141. The first kappa shape index (κ1) is 42.8. The quantitative estimate of drug-likeness (QED) is 0.0823. The minimum Gasteiger partial charge on any atom is -0.481 e. The molecule has 17 heteroatoms. The summed E-state index contributed by atoms with van der Waals surface area (Å²) in [5, 5.41) is 23.1. The van der Waals surface area contributed by atoms with Crippen molar-refractivity contribution in [3.8, 4) is 0 Å². The van der Waals surface area contributed by atoms with Gasteiger partial charge in [0.1, 0.15) is 29.8 Å². The van der Waals surface area contributed by atoms with Crippen LogP contribution in [-0.2, 0) is 46.3 Å². The minimum absolute atomic E-state index is 0.0257. The van der Waals surface area contributed by atoms with Gasteiger partial charge in [-0.25, -0.2) is 4.79 Å². The highest BCUT2D eigenvalue weighted by atomic mass is 32.2. The third-order valence-corrected chi connectivity index (χ3v) is 8.61. The average Bonchev–Trinajstić information content (AvgIpc) is 3.51. The number of carbonyl (C=O) groups is 7. The fraction of sp³-hybridized carbons (Fsp3) is 0.432. The maximum absolute atomic E-state index is 13.9. The maximum atomic E-state index is 13.9. The zero-order valence-corrected chi connectivity index (χ0v) is 31.5. The van der Waals surface area contributed by atoms with Crippen LogP contribution in [-0.4, -0.2) is 100 Å². The average molecular weight is 768 g/mol. The summed E-state index contributed by atoms with van der Waals surface area (Å²) in [5.41, 5.74) is 7.00. The third-order valence-electron chi connectivity index (χ3n) is 7.97. The van der Waals surface area contributed by atoms with E-state index >= 15 is 0 Å². The molecule has 3 aromatic rings. The summed E-state index contributed by atoms with van der Waals surface area (Å²) in [5.74, 6) is -4.95. The van der Waals surface area contributed by atoms with Crippen molar-refractivity contribution in [3.05, 3.63) is 71.9 Å². The zero-order chi connectivity index (χ0) is 39.8. The van der Waals surface area contributed by atoms with Gasteiger partial charge in [-0.1, -0.05) is 48.5 Å². The number of carboxylic acids is 1. The predicted molar refractivity (Wildman–Crippen MR) is 203 cm³/mol. The number of carboxylic acid groups (broad SMARTS) is 1. The Morgan fingerprint density at radius 1 is 0.815 bits per heavy atom. The highest BCUT2D eigenvalue weighted by Gasteiger charge is 2.32. The number of nitrogens with one attached hydrogen (secondary N) is 6. The first-order valence-electron chi connectivity index (χ1n) is 17.3. The Morgan fingerprint density at radius 3 is 2.07 bits per heavy atom. The molecule has 3 rings (SSSR count). The van der Waals surface area contributed by atoms with E-state index in [1.807, 2.05) is 24.3 Å². The van der Waals surface area contributed by atoms with Gasteiger partial charge in [0.05, 0.1) is 6.42 Å². The molecule has 0 saturated carbocycles. The second kappa shape index (κ2) is 20.6. The molecule has 0 aliphatic carbocycles. The van der Waals surface area contributed by atoms with E-state index in [0.717, 1.165) is 10.9 Å². The molecule has 0 aliphatic rings. The number of ether oxygens (including phenoxy) is 1. The van der Waals surface area contributed by atoms with Gasteiger partial charge in [0, 0.05) is 42.9 Å². The van der Waals surface area contributed by atoms with Crippen LogP contribution in [0.1, 0.15) is 51.2 Å². The molecule has 16 nitrogen and oxygen atoms in total. The molecular weight excluding hydrogens is 719 g/mol. The molecule has 54 heavy (non-hydrogen) atoms. The van der Waals surface area contributed by atoms with Crippen molar-refractivity contribution < 1.29 is 43.4 Å². The summed E-state index contributed by atoms with van der Waals surface area (Å²) in [6.07, 6.45) is 1.93. The SMILES string of the molecule is CSCC[C@H](NC(=O)[C@H](Cc1c[nH]c2ccccc12)NC(=O)CCNC(=O)OC(C)(C)C)C(=O)N[C@H](CC(=O)O)C(=O)N[C@H](Cc1ccccc1)C(N)=O. The molecule has 9 N–H and O–H groups in total. The summed E-state index contributed by atoms with van der Waals surface area (Å²) in [7, 11) is 0. The Bertz CT molecular complexity index is 1780. The van der Waals surface area contributed by atoms with Crippen molar-refractivity contribution >= 4 is 64.3 Å². The van der Waals surface area contributed by atoms with Crippen molar-refractivity contribution in [1.82, 2.24) is 31.6 Å². The molecule has 0 radical (unpaired) electrons. The number of hydrogen-bond donors (Lipinski definition) is 8. The van der Waals surface area contributed by atoms with E-state index in [1.54, 1.807) is 63.6 Å². The van der Waals surface area contributed by atoms with Crippen molar-refractivity contribution in [2.24, 2.45) is 5.73 Å². The molecule has 0 spiro atoms. The van der Waals surface area contributed by atoms with E-state index in [1.165, 1.54) is 11.8 Å². The molecule has 0 bridgehead atoms. The van der Waals surface area contributed by atoms with E-state index < -0.39 is 77.8 Å². The summed E-state index contributed by atoms with van der Waals surface area (Å²) < 4.78 is 5.20. The Morgan fingerprint density at radius 2 is 1.43 bits per heavy atom. The molecule has 292 valence electrons. The lowest BCUT2D eigenvalue weighted by Crippen LogP contribution is -2.59. The van der Waals surface area contributed by atoms with Crippen LogP contribution in [0.15, 0.2) is 60.8 Å². The third kappa shape index (κ3) is 14.4. The summed E-state index contributed by atoms with van der Waals surface area (Å²) in [4.78, 5) is 93.2. The maximum Gasteiger partial charge on any atom is 0.407 e. The number of amides is 6. The van der Waals surface area contributed by atoms with Gasteiger partial charge >= 0.3 is 12.1 Å². The summed E-state index contributed by atoms with van der Waals surface area (Å²) >= 11 is 1.39. The summed E-state index contributed by atoms with van der Waals surface area (Å²) in [6, 6.07) is 10.8. The monoisotopic (exact) mass is 767 g/mol. The van der Waals surface area contributed by atoms with E-state index in [2.05, 4.69) is 31.6 Å². The first-order chi connectivity index (χ1) is 25.6. The number of aliphatic carboxylic acids is 1. The number of aromatic amines is 1. The van der Waals surface area contributed by atoms with Gasteiger partial charge in [0.25, 0.3) is 0 Å². The second-order valence-electron chi connectivity index (χ2n) is 13.5. The largest absolute Gasteiger partial charge is 0.481 e. The number of fused-ring (bicyclic) bond motifs is 1. The van der Waals surface area contributed by atoms with E-state index in [-0.39, 0.29) is 32.2 Å². The molecule has 0 fully saturated rings. The van der Waals surface area contributed by atoms with Gasteiger partial charge in [0.15, 0.2) is 0 Å². The molecule has 1 aromatic heterocycles. The Balaban J connectivity index is 1.79. The molecule has 2 aromatic carbocycles. The van der Waals surface area contributed by atoms with Crippen LogP contribution in [0, 0.1) is 0 Å². The van der Waals surface area contributed by atoms with Crippen LogP contribution < -0.4 is 32.3 Å². The predicted octanol–water partition coefficient (Wildman–Crippen LogP) is 1.52. The first-order valence-corrected chi connectivity index (χ1v) is 18.7. The highest BCUT2D eigenvalue weighted by molar-refractivity contribution is 7.98. The van der Waals surface area contributed by atoms with Gasteiger partial charge in [-0.05, 0) is 56.4 Å². The number of hydrogen-bond acceptors (Lipinski definition) is 9. The number of carbonyl (C=O) groups excluding carboxylic acids is 6. The fourth-order valence-electron chi connectivity index (χ4n) is 5.37. The van der Waals surface area contributed by atoms with Crippen molar-refractivity contribution in [2.45, 2.75) is 82.6 Å². The second-order valence-corrected chi connectivity index (χ2v) is 14.5. The van der Waals surface area contributed by atoms with Crippen LogP contribution in [0.25, 0.3) is 10.9 Å². The van der Waals surface area contributed by atoms with Crippen LogP contribution in [0.4, 0.5) is 4.79 Å². The number of benzene rings is 2. The number of primary amides is 1. The van der Waals surface area contributed by atoms with Crippen molar-refractivity contribution in [1.29, 1.82) is 0 Å². The molecule has 6 amide bonds. The van der Waals surface area contributed by atoms with Gasteiger partial charge in [0.2, 0.25) is 29.5 Å². The lowest BCUT2D eigenvalue weighted by Gasteiger charge is -2.26. The normalized spacial score (nSPS) is 13.4. The molecule has 0 saturated heterocycles. The number of thioether (sulfide) groups is 1. The number of rotatable bonds is 20. The number of alkyl carbamates (subject to hydrolysis) is 1. The van der Waals surface area contributed by atoms with Crippen molar-refractivity contribution in [3.63, 3.8) is 0 Å². The lowest BCUT2D eigenvalue weighted by atomic mass is 10.0. The smallest absolute Gasteiger partial charge is 0.407 e. The molecule has 0 aliphatic heterocycles. The Hall–Kier alpha value is -5.58. The number of aromatic nitrogens is 1. The standard InChI is InChI=1S/C37H49N7O9S/c1-37(2,3)53-36(52)39-16-14-30(45)41-28(19-23-21-40-25-13-9-8-12-24(23)25)34(50)42-26(15-17-54-4)33(49)44-29(20-31(46)47)35(51)43-27(32(38)48)18-22-10-6-5-7-11-22/h5-13,21,26-29,40H,14-20H2,1-4H3,(H2,38,48)(H,39,52)(H,41,45)(H,42,50)(H,43,51)(H,44,49)(H,46,47)/t26-,27+,28-,29+/m0/s1. The zero-order valence-electron chi connectivity index (χ0n) is 30.7. The van der Waals surface area contributed by atoms with E-state index in [9.17, 15) is 38.7 Å². The molecule has 4 atom stereocenters. The number of H-pyrrole nitrogens is 1. The van der Waals surface area contributed by atoms with Crippen LogP contribution in [0.2, 0.25) is 0 Å². The van der Waals surface area contributed by atoms with E-state index in [0.29, 0.717) is 16.9 Å². The van der Waals surface area contributed by atoms with Gasteiger partial charge in [-0.2, -0.15) is 11.8 Å². The molecular formula is C37H49N7O9S. The topological polar surface area (TPSA) is 251 Å². The Labute approximate surface area is 317 Å². The number of para-hydroxylation sites is 1. The fourth-order valence-corrected chi connectivity index (χ4v) is 5.84. The Kier molecular flexibility index (Phi) is 16.3.